The Balaban J connectivity index is 1.58. The van der Waals surface area contributed by atoms with Crippen LogP contribution in [0.5, 0.6) is 0 Å². The number of amides is 1. The molecule has 32 heavy (non-hydrogen) atoms. The topological polar surface area (TPSA) is 92.9 Å². The average Bonchev–Trinajstić information content (AvgIpc) is 3.17. The number of aromatic nitrogens is 3. The first-order chi connectivity index (χ1) is 15.4. The Morgan fingerprint density at radius 1 is 1.12 bits per heavy atom. The summed E-state index contributed by atoms with van der Waals surface area (Å²) in [5, 5.41) is 11.4. The lowest BCUT2D eigenvalue weighted by atomic mass is 10.1. The molecule has 2 aromatic heterocycles. The molecule has 0 bridgehead atoms. The van der Waals surface area contributed by atoms with Crippen molar-refractivity contribution in [3.63, 3.8) is 0 Å². The number of fused-ring (bicyclic) bond motifs is 1. The van der Waals surface area contributed by atoms with Crippen LogP contribution in [0.4, 0.5) is 10.2 Å². The van der Waals surface area contributed by atoms with Crippen LogP contribution in [-0.4, -0.2) is 21.0 Å². The van der Waals surface area contributed by atoms with Crippen molar-refractivity contribution < 1.29 is 13.7 Å². The van der Waals surface area contributed by atoms with E-state index in [1.165, 1.54) is 12.1 Å². The van der Waals surface area contributed by atoms with Gasteiger partial charge in [0, 0.05) is 17.0 Å². The van der Waals surface area contributed by atoms with Gasteiger partial charge in [-0.1, -0.05) is 35.8 Å². The van der Waals surface area contributed by atoms with E-state index < -0.39 is 0 Å². The lowest BCUT2D eigenvalue weighted by Crippen LogP contribution is -2.25. The van der Waals surface area contributed by atoms with E-state index in [2.05, 4.69) is 25.8 Å². The normalized spacial score (nSPS) is 11.0. The highest BCUT2D eigenvalue weighted by Crippen LogP contribution is 2.24. The first kappa shape index (κ1) is 21.7. The standard InChI is InChI=1S/C23H21ClFN5O2/c1-3-18-21(13(2)32-30-18)23(31)27-12-20-28-19-10-15(24)6-9-17(19)22(29-20)26-11-14-4-7-16(25)8-5-14/h4-10H,3,11-12H2,1-2H3,(H,27,31)(H,26,28,29). The number of hydrogen-bond acceptors (Lipinski definition) is 6. The van der Waals surface area contributed by atoms with Crippen LogP contribution in [-0.2, 0) is 19.5 Å². The van der Waals surface area contributed by atoms with E-state index in [1.807, 2.05) is 13.0 Å². The number of anilines is 1. The van der Waals surface area contributed by atoms with E-state index in [0.29, 0.717) is 52.2 Å². The van der Waals surface area contributed by atoms with Crippen LogP contribution in [0.25, 0.3) is 10.9 Å². The number of halogens is 2. The van der Waals surface area contributed by atoms with Gasteiger partial charge in [0.15, 0.2) is 5.82 Å². The van der Waals surface area contributed by atoms with Gasteiger partial charge in [-0.15, -0.1) is 0 Å². The molecule has 0 fully saturated rings. The fourth-order valence-corrected chi connectivity index (χ4v) is 3.52. The molecule has 0 aliphatic heterocycles. The molecule has 7 nitrogen and oxygen atoms in total. The summed E-state index contributed by atoms with van der Waals surface area (Å²) < 4.78 is 18.3. The van der Waals surface area contributed by atoms with Gasteiger partial charge in [0.1, 0.15) is 23.0 Å². The number of hydrogen-bond donors (Lipinski definition) is 2. The molecule has 164 valence electrons. The van der Waals surface area contributed by atoms with Crippen LogP contribution >= 0.6 is 11.6 Å². The van der Waals surface area contributed by atoms with Gasteiger partial charge in [-0.3, -0.25) is 4.79 Å². The lowest BCUT2D eigenvalue weighted by molar-refractivity contribution is 0.0947. The van der Waals surface area contributed by atoms with Crippen molar-refractivity contribution >= 4 is 34.2 Å². The van der Waals surface area contributed by atoms with E-state index in [-0.39, 0.29) is 18.3 Å². The number of carbonyl (C=O) groups excluding carboxylic acids is 1. The van der Waals surface area contributed by atoms with Crippen molar-refractivity contribution in [2.24, 2.45) is 0 Å². The average molecular weight is 454 g/mol. The molecule has 4 aromatic rings. The monoisotopic (exact) mass is 453 g/mol. The highest BCUT2D eigenvalue weighted by Gasteiger charge is 2.19. The third kappa shape index (κ3) is 4.70. The summed E-state index contributed by atoms with van der Waals surface area (Å²) in [5.41, 5.74) is 2.59. The summed E-state index contributed by atoms with van der Waals surface area (Å²) in [7, 11) is 0. The second kappa shape index (κ2) is 9.32. The van der Waals surface area contributed by atoms with Gasteiger partial charge in [-0.25, -0.2) is 14.4 Å². The van der Waals surface area contributed by atoms with Crippen LogP contribution < -0.4 is 10.6 Å². The quantitative estimate of drug-likeness (QED) is 0.416. The fraction of sp³-hybridized carbons (Fsp3) is 0.217. The maximum absolute atomic E-state index is 13.2. The van der Waals surface area contributed by atoms with E-state index >= 15 is 0 Å². The summed E-state index contributed by atoms with van der Waals surface area (Å²) in [5.74, 6) is 0.893. The molecule has 0 aliphatic rings. The molecule has 0 saturated carbocycles. The van der Waals surface area contributed by atoms with Crippen LogP contribution in [0.15, 0.2) is 47.0 Å². The summed E-state index contributed by atoms with van der Waals surface area (Å²) in [6, 6.07) is 11.6. The van der Waals surface area contributed by atoms with E-state index in [4.69, 9.17) is 16.1 Å². The van der Waals surface area contributed by atoms with Crippen LogP contribution in [0.3, 0.4) is 0 Å². The molecule has 0 saturated heterocycles. The van der Waals surface area contributed by atoms with E-state index in [0.717, 1.165) is 10.9 Å². The molecule has 2 heterocycles. The third-order valence-electron chi connectivity index (χ3n) is 4.98. The van der Waals surface area contributed by atoms with Crippen molar-refractivity contribution in [2.45, 2.75) is 33.4 Å². The van der Waals surface area contributed by atoms with Crippen molar-refractivity contribution in [1.82, 2.24) is 20.4 Å². The van der Waals surface area contributed by atoms with Gasteiger partial charge in [-0.05, 0) is 49.2 Å². The number of rotatable bonds is 7. The zero-order valence-corrected chi connectivity index (χ0v) is 18.3. The van der Waals surface area contributed by atoms with Gasteiger partial charge >= 0.3 is 0 Å². The molecule has 0 radical (unpaired) electrons. The van der Waals surface area contributed by atoms with Gasteiger partial charge in [0.05, 0.1) is 17.8 Å². The Kier molecular flexibility index (Phi) is 6.32. The first-order valence-electron chi connectivity index (χ1n) is 10.1. The Hall–Kier alpha value is -3.52. The second-order valence-corrected chi connectivity index (χ2v) is 7.66. The van der Waals surface area contributed by atoms with E-state index in [9.17, 15) is 9.18 Å². The summed E-state index contributed by atoms with van der Waals surface area (Å²) in [4.78, 5) is 21.8. The maximum Gasteiger partial charge on any atom is 0.257 e. The Bertz CT molecular complexity index is 1270. The zero-order chi connectivity index (χ0) is 22.7. The van der Waals surface area contributed by atoms with Crippen LogP contribution in [0, 0.1) is 12.7 Å². The van der Waals surface area contributed by atoms with Crippen molar-refractivity contribution in [3.05, 3.63) is 81.7 Å². The van der Waals surface area contributed by atoms with Crippen molar-refractivity contribution in [1.29, 1.82) is 0 Å². The highest BCUT2D eigenvalue weighted by atomic mass is 35.5. The van der Waals surface area contributed by atoms with Crippen LogP contribution in [0.2, 0.25) is 5.02 Å². The molecule has 2 aromatic carbocycles. The number of aryl methyl sites for hydroxylation is 2. The maximum atomic E-state index is 13.2. The fourth-order valence-electron chi connectivity index (χ4n) is 3.35. The second-order valence-electron chi connectivity index (χ2n) is 7.23. The van der Waals surface area contributed by atoms with Crippen molar-refractivity contribution in [3.8, 4) is 0 Å². The SMILES string of the molecule is CCc1noc(C)c1C(=O)NCc1nc(NCc2ccc(F)cc2)c2ccc(Cl)cc2n1. The molecule has 0 spiro atoms. The summed E-state index contributed by atoms with van der Waals surface area (Å²) >= 11 is 6.15. The number of nitrogens with zero attached hydrogens (tertiary/aromatic N) is 3. The van der Waals surface area contributed by atoms with Gasteiger partial charge in [0.2, 0.25) is 0 Å². The van der Waals surface area contributed by atoms with Crippen LogP contribution in [0.1, 0.15) is 40.1 Å². The molecule has 4 rings (SSSR count). The largest absolute Gasteiger partial charge is 0.365 e. The Morgan fingerprint density at radius 3 is 2.66 bits per heavy atom. The van der Waals surface area contributed by atoms with Gasteiger partial charge in [-0.2, -0.15) is 0 Å². The van der Waals surface area contributed by atoms with Gasteiger partial charge < -0.3 is 15.2 Å². The number of benzene rings is 2. The predicted octanol–water partition coefficient (Wildman–Crippen LogP) is 4.82. The summed E-state index contributed by atoms with van der Waals surface area (Å²) in [6.45, 7) is 4.16. The Morgan fingerprint density at radius 2 is 1.91 bits per heavy atom. The summed E-state index contributed by atoms with van der Waals surface area (Å²) in [6.07, 6.45) is 0.586. The van der Waals surface area contributed by atoms with Gasteiger partial charge in [0.25, 0.3) is 5.91 Å². The Labute approximate surface area is 189 Å². The lowest BCUT2D eigenvalue weighted by Gasteiger charge is -2.12. The minimum absolute atomic E-state index is 0.111. The minimum atomic E-state index is -0.295. The molecule has 9 heteroatoms. The van der Waals surface area contributed by atoms with Crippen molar-refractivity contribution in [2.75, 3.05) is 5.32 Å². The zero-order valence-electron chi connectivity index (χ0n) is 17.6. The smallest absolute Gasteiger partial charge is 0.257 e. The third-order valence-corrected chi connectivity index (χ3v) is 5.22. The molecule has 2 N–H and O–H groups in total. The number of carbonyl (C=O) groups is 1. The number of nitrogens with one attached hydrogen (secondary N) is 2. The minimum Gasteiger partial charge on any atom is -0.365 e. The predicted molar refractivity (Wildman–Crippen MR) is 120 cm³/mol. The molecule has 1 amide bonds. The first-order valence-corrected chi connectivity index (χ1v) is 10.5. The van der Waals surface area contributed by atoms with E-state index in [1.54, 1.807) is 31.2 Å². The molecule has 0 atom stereocenters. The molecule has 0 unspecified atom stereocenters. The highest BCUT2D eigenvalue weighted by molar-refractivity contribution is 6.31. The molecule has 0 aliphatic carbocycles. The molecular formula is C23H21ClFN5O2. The molecular weight excluding hydrogens is 433 g/mol.